The molecule has 1 fully saturated rings. The molecule has 0 bridgehead atoms. The number of nitrogens with one attached hydrogen (secondary N) is 2. The molecule has 0 aliphatic carbocycles. The van der Waals surface area contributed by atoms with E-state index in [-0.39, 0.29) is 24.3 Å². The quantitative estimate of drug-likeness (QED) is 0.753. The molecule has 5 nitrogen and oxygen atoms in total. The molecule has 1 saturated heterocycles. The highest BCUT2D eigenvalue weighted by atomic mass is 16.5. The number of piperidine rings is 1. The van der Waals surface area contributed by atoms with Crippen molar-refractivity contribution >= 4 is 11.9 Å². The third-order valence-electron chi connectivity index (χ3n) is 4.78. The van der Waals surface area contributed by atoms with Crippen LogP contribution in [0.4, 0.5) is 0 Å². The number of benzene rings is 1. The molecule has 1 aromatic carbocycles. The number of carbonyl (C=O) groups excluding carboxylic acids is 2. The molecule has 5 heteroatoms. The Kier molecular flexibility index (Phi) is 7.25. The van der Waals surface area contributed by atoms with Crippen molar-refractivity contribution in [3.63, 3.8) is 0 Å². The molecule has 1 aliphatic rings. The fourth-order valence-corrected chi connectivity index (χ4v) is 3.26. The van der Waals surface area contributed by atoms with Gasteiger partial charge in [0.2, 0.25) is 5.91 Å². The van der Waals surface area contributed by atoms with Crippen LogP contribution in [0.25, 0.3) is 0 Å². The first kappa shape index (κ1) is 18.5. The summed E-state index contributed by atoms with van der Waals surface area (Å²) in [5, 5.41) is 6.40. The van der Waals surface area contributed by atoms with Gasteiger partial charge in [-0.1, -0.05) is 37.3 Å². The number of hydrogen-bond acceptors (Lipinski definition) is 4. The lowest BCUT2D eigenvalue weighted by atomic mass is 9.85. The highest BCUT2D eigenvalue weighted by molar-refractivity contribution is 5.78. The zero-order chi connectivity index (χ0) is 17.4. The molecule has 1 aromatic rings. The maximum atomic E-state index is 12.5. The summed E-state index contributed by atoms with van der Waals surface area (Å²) < 4.78 is 4.76. The summed E-state index contributed by atoms with van der Waals surface area (Å²) in [7, 11) is 1.37. The Balaban J connectivity index is 1.94. The van der Waals surface area contributed by atoms with Crippen molar-refractivity contribution in [2.75, 3.05) is 20.2 Å². The fourth-order valence-electron chi connectivity index (χ4n) is 3.26. The second kappa shape index (κ2) is 9.42. The van der Waals surface area contributed by atoms with Gasteiger partial charge in [-0.15, -0.1) is 0 Å². The number of hydrogen-bond donors (Lipinski definition) is 2. The first-order chi connectivity index (χ1) is 11.6. The van der Waals surface area contributed by atoms with Crippen LogP contribution in [0.1, 0.15) is 44.2 Å². The van der Waals surface area contributed by atoms with Gasteiger partial charge in [0.05, 0.1) is 19.6 Å². The van der Waals surface area contributed by atoms with Gasteiger partial charge in [0, 0.05) is 6.42 Å². The second-order valence-corrected chi connectivity index (χ2v) is 6.60. The van der Waals surface area contributed by atoms with Crippen molar-refractivity contribution in [1.82, 2.24) is 10.6 Å². The minimum absolute atomic E-state index is 0.00849. The molecule has 2 rings (SSSR count). The number of carbonyl (C=O) groups is 2. The van der Waals surface area contributed by atoms with Crippen molar-refractivity contribution in [3.8, 4) is 0 Å². The minimum Gasteiger partial charge on any atom is -0.469 e. The maximum absolute atomic E-state index is 12.5. The van der Waals surface area contributed by atoms with Crippen LogP contribution in [-0.4, -0.2) is 32.1 Å². The zero-order valence-corrected chi connectivity index (χ0v) is 14.6. The van der Waals surface area contributed by atoms with Crippen LogP contribution in [0.5, 0.6) is 0 Å². The monoisotopic (exact) mass is 332 g/mol. The summed E-state index contributed by atoms with van der Waals surface area (Å²) in [5.74, 6) is 0.534. The molecule has 24 heavy (non-hydrogen) atoms. The van der Waals surface area contributed by atoms with Crippen LogP contribution in [0.15, 0.2) is 30.3 Å². The van der Waals surface area contributed by atoms with Gasteiger partial charge < -0.3 is 15.4 Å². The van der Waals surface area contributed by atoms with Crippen molar-refractivity contribution < 1.29 is 14.3 Å². The molecule has 3 atom stereocenters. The molecule has 3 unspecified atom stereocenters. The Bertz CT molecular complexity index is 527. The Hall–Kier alpha value is -1.88. The molecule has 0 spiro atoms. The van der Waals surface area contributed by atoms with Gasteiger partial charge in [-0.05, 0) is 43.3 Å². The molecule has 0 saturated carbocycles. The molecular weight excluding hydrogens is 304 g/mol. The third-order valence-corrected chi connectivity index (χ3v) is 4.78. The molecule has 0 radical (unpaired) electrons. The van der Waals surface area contributed by atoms with Crippen molar-refractivity contribution in [3.05, 3.63) is 35.9 Å². The van der Waals surface area contributed by atoms with Gasteiger partial charge in [0.15, 0.2) is 0 Å². The van der Waals surface area contributed by atoms with E-state index in [1.165, 1.54) is 20.0 Å². The van der Waals surface area contributed by atoms with Crippen LogP contribution in [0, 0.1) is 11.8 Å². The van der Waals surface area contributed by atoms with Crippen LogP contribution < -0.4 is 10.6 Å². The molecular formula is C19H28N2O3. The SMILES string of the molecule is COC(=O)CC(NC(=O)CC(C)C1CCCNC1)c1ccccc1. The highest BCUT2D eigenvalue weighted by Crippen LogP contribution is 2.23. The standard InChI is InChI=1S/C19H28N2O3/c1-14(16-9-6-10-20-13-16)11-18(22)21-17(12-19(23)24-2)15-7-4-3-5-8-15/h3-5,7-8,14,16-17,20H,6,9-13H2,1-2H3,(H,21,22). The Morgan fingerprint density at radius 3 is 2.67 bits per heavy atom. The Labute approximate surface area is 144 Å². The highest BCUT2D eigenvalue weighted by Gasteiger charge is 2.24. The van der Waals surface area contributed by atoms with E-state index < -0.39 is 0 Å². The fraction of sp³-hybridized carbons (Fsp3) is 0.579. The number of rotatable bonds is 7. The van der Waals surface area contributed by atoms with Crippen LogP contribution in [0.3, 0.4) is 0 Å². The summed E-state index contributed by atoms with van der Waals surface area (Å²) in [4.78, 5) is 24.1. The number of ether oxygens (including phenoxy) is 1. The van der Waals surface area contributed by atoms with Gasteiger partial charge in [-0.25, -0.2) is 0 Å². The zero-order valence-electron chi connectivity index (χ0n) is 14.6. The summed E-state index contributed by atoms with van der Waals surface area (Å²) in [6.45, 7) is 4.19. The molecule has 1 heterocycles. The van der Waals surface area contributed by atoms with Gasteiger partial charge >= 0.3 is 5.97 Å². The van der Waals surface area contributed by atoms with Crippen LogP contribution in [0.2, 0.25) is 0 Å². The van der Waals surface area contributed by atoms with E-state index in [2.05, 4.69) is 17.6 Å². The maximum Gasteiger partial charge on any atom is 0.307 e. The average Bonchev–Trinajstić information content (AvgIpc) is 2.62. The molecule has 2 N–H and O–H groups in total. The summed E-state index contributed by atoms with van der Waals surface area (Å²) in [6.07, 6.45) is 2.97. The minimum atomic E-state index is -0.345. The summed E-state index contributed by atoms with van der Waals surface area (Å²) in [5.41, 5.74) is 0.920. The number of amides is 1. The first-order valence-electron chi connectivity index (χ1n) is 8.72. The molecule has 132 valence electrons. The normalized spacial score (nSPS) is 20.0. The molecule has 0 aromatic heterocycles. The van der Waals surface area contributed by atoms with E-state index in [0.29, 0.717) is 18.3 Å². The molecule has 1 aliphatic heterocycles. The van der Waals surface area contributed by atoms with E-state index in [1.54, 1.807) is 0 Å². The lowest BCUT2D eigenvalue weighted by molar-refractivity contribution is -0.141. The predicted molar refractivity (Wildman–Crippen MR) is 93.3 cm³/mol. The smallest absolute Gasteiger partial charge is 0.307 e. The van der Waals surface area contributed by atoms with Gasteiger partial charge in [-0.3, -0.25) is 9.59 Å². The Morgan fingerprint density at radius 2 is 2.04 bits per heavy atom. The van der Waals surface area contributed by atoms with E-state index in [0.717, 1.165) is 18.7 Å². The predicted octanol–water partition coefficient (Wildman–Crippen LogP) is 2.43. The largest absolute Gasteiger partial charge is 0.469 e. The number of methoxy groups -OCH3 is 1. The summed E-state index contributed by atoms with van der Waals surface area (Å²) >= 11 is 0. The lowest BCUT2D eigenvalue weighted by Gasteiger charge is -2.28. The summed E-state index contributed by atoms with van der Waals surface area (Å²) in [6, 6.07) is 9.22. The molecule has 1 amide bonds. The van der Waals surface area contributed by atoms with Gasteiger partial charge in [0.25, 0.3) is 0 Å². The van der Waals surface area contributed by atoms with Crippen molar-refractivity contribution in [2.24, 2.45) is 11.8 Å². The lowest BCUT2D eigenvalue weighted by Crippen LogP contribution is -2.36. The van der Waals surface area contributed by atoms with Crippen molar-refractivity contribution in [1.29, 1.82) is 0 Å². The Morgan fingerprint density at radius 1 is 1.29 bits per heavy atom. The average molecular weight is 332 g/mol. The van der Waals surface area contributed by atoms with E-state index >= 15 is 0 Å². The van der Waals surface area contributed by atoms with Gasteiger partial charge in [-0.2, -0.15) is 0 Å². The van der Waals surface area contributed by atoms with Crippen LogP contribution >= 0.6 is 0 Å². The van der Waals surface area contributed by atoms with E-state index in [1.807, 2.05) is 30.3 Å². The van der Waals surface area contributed by atoms with E-state index in [4.69, 9.17) is 4.74 Å². The third kappa shape index (κ3) is 5.64. The first-order valence-corrected chi connectivity index (χ1v) is 8.72. The van der Waals surface area contributed by atoms with Crippen molar-refractivity contribution in [2.45, 2.75) is 38.6 Å². The topological polar surface area (TPSA) is 67.4 Å². The van der Waals surface area contributed by atoms with Gasteiger partial charge in [0.1, 0.15) is 0 Å². The second-order valence-electron chi connectivity index (χ2n) is 6.60. The number of esters is 1. The van der Waals surface area contributed by atoms with Crippen LogP contribution in [-0.2, 0) is 14.3 Å². The van der Waals surface area contributed by atoms with E-state index in [9.17, 15) is 9.59 Å².